The van der Waals surface area contributed by atoms with Crippen molar-refractivity contribution in [3.63, 3.8) is 0 Å². The van der Waals surface area contributed by atoms with Gasteiger partial charge in [-0.25, -0.2) is 0 Å². The number of fused-ring (bicyclic) bond motifs is 1. The lowest BCUT2D eigenvalue weighted by Gasteiger charge is -2.38. The lowest BCUT2D eigenvalue weighted by Crippen LogP contribution is -2.45. The Labute approximate surface area is 127 Å². The molecule has 2 N–H and O–H groups in total. The zero-order valence-electron chi connectivity index (χ0n) is 10.8. The van der Waals surface area contributed by atoms with Gasteiger partial charge in [-0.2, -0.15) is 0 Å². The second kappa shape index (κ2) is 4.80. The maximum absolute atomic E-state index is 9.64. The van der Waals surface area contributed by atoms with E-state index >= 15 is 0 Å². The van der Waals surface area contributed by atoms with Crippen molar-refractivity contribution in [1.82, 2.24) is 5.32 Å². The summed E-state index contributed by atoms with van der Waals surface area (Å²) < 4.78 is 1.24. The van der Waals surface area contributed by atoms with Crippen molar-refractivity contribution in [3.05, 3.63) is 62.7 Å². The summed E-state index contributed by atoms with van der Waals surface area (Å²) in [5.41, 5.74) is 3.59. The van der Waals surface area contributed by atoms with Crippen LogP contribution in [0.15, 0.2) is 42.5 Å². The number of hydrogen-bond donors (Lipinski definition) is 2. The normalized spacial score (nSPS) is 22.0. The quantitative estimate of drug-likeness (QED) is 0.760. The highest BCUT2D eigenvalue weighted by molar-refractivity contribution is 14.1. The van der Waals surface area contributed by atoms with Crippen molar-refractivity contribution in [2.75, 3.05) is 6.54 Å². The SMILES string of the molecule is CC1(c2ccc(I)cc2)NCCc2cc(O)ccc21. The highest BCUT2D eigenvalue weighted by atomic mass is 127. The van der Waals surface area contributed by atoms with Gasteiger partial charge in [-0.1, -0.05) is 18.2 Å². The first-order valence-electron chi connectivity index (χ1n) is 6.43. The lowest BCUT2D eigenvalue weighted by molar-refractivity contribution is 0.411. The molecule has 0 saturated carbocycles. The molecule has 0 radical (unpaired) electrons. The Bertz CT molecular complexity index is 609. The molecule has 0 bridgehead atoms. The van der Waals surface area contributed by atoms with Crippen molar-refractivity contribution < 1.29 is 5.11 Å². The first-order valence-corrected chi connectivity index (χ1v) is 7.51. The van der Waals surface area contributed by atoms with E-state index in [1.807, 2.05) is 12.1 Å². The van der Waals surface area contributed by atoms with Crippen LogP contribution >= 0.6 is 22.6 Å². The van der Waals surface area contributed by atoms with E-state index in [9.17, 15) is 5.11 Å². The molecule has 3 rings (SSSR count). The molecule has 2 aromatic rings. The molecule has 0 aromatic heterocycles. The fourth-order valence-corrected chi connectivity index (χ4v) is 3.22. The van der Waals surface area contributed by atoms with Crippen molar-refractivity contribution in [3.8, 4) is 5.75 Å². The van der Waals surface area contributed by atoms with Gasteiger partial charge in [0, 0.05) is 10.1 Å². The van der Waals surface area contributed by atoms with E-state index in [1.54, 1.807) is 6.07 Å². The Morgan fingerprint density at radius 2 is 1.89 bits per heavy atom. The van der Waals surface area contributed by atoms with E-state index in [0.717, 1.165) is 13.0 Å². The monoisotopic (exact) mass is 365 g/mol. The van der Waals surface area contributed by atoms with Crippen molar-refractivity contribution in [2.45, 2.75) is 18.9 Å². The predicted molar refractivity (Wildman–Crippen MR) is 85.4 cm³/mol. The molecule has 1 atom stereocenters. The molecule has 98 valence electrons. The molecule has 1 aliphatic heterocycles. The third-order valence-electron chi connectivity index (χ3n) is 3.92. The number of aromatic hydroxyl groups is 1. The molecule has 1 unspecified atom stereocenters. The molecule has 0 saturated heterocycles. The molecule has 2 aromatic carbocycles. The molecule has 19 heavy (non-hydrogen) atoms. The molecule has 0 amide bonds. The van der Waals surface area contributed by atoms with Crippen LogP contribution in [-0.4, -0.2) is 11.7 Å². The zero-order valence-corrected chi connectivity index (χ0v) is 12.9. The number of benzene rings is 2. The van der Waals surface area contributed by atoms with E-state index in [1.165, 1.54) is 20.3 Å². The molecular formula is C16H16INO. The van der Waals surface area contributed by atoms with Crippen LogP contribution in [0.1, 0.15) is 23.6 Å². The van der Waals surface area contributed by atoms with Crippen molar-refractivity contribution >= 4 is 22.6 Å². The van der Waals surface area contributed by atoms with E-state index in [2.05, 4.69) is 59.1 Å². The Morgan fingerprint density at radius 1 is 1.16 bits per heavy atom. The average molecular weight is 365 g/mol. The second-order valence-electron chi connectivity index (χ2n) is 5.15. The van der Waals surface area contributed by atoms with Crippen LogP contribution in [0.5, 0.6) is 5.75 Å². The number of rotatable bonds is 1. The molecule has 1 aliphatic rings. The molecule has 3 heteroatoms. The van der Waals surface area contributed by atoms with Gasteiger partial charge in [0.2, 0.25) is 0 Å². The summed E-state index contributed by atoms with van der Waals surface area (Å²) in [5, 5.41) is 13.3. The molecule has 0 spiro atoms. The van der Waals surface area contributed by atoms with Crippen molar-refractivity contribution in [1.29, 1.82) is 0 Å². The van der Waals surface area contributed by atoms with E-state index in [-0.39, 0.29) is 5.54 Å². The Morgan fingerprint density at radius 3 is 2.63 bits per heavy atom. The third-order valence-corrected chi connectivity index (χ3v) is 4.64. The summed E-state index contributed by atoms with van der Waals surface area (Å²) in [6.45, 7) is 3.14. The second-order valence-corrected chi connectivity index (χ2v) is 6.40. The van der Waals surface area contributed by atoms with E-state index in [0.29, 0.717) is 5.75 Å². The minimum absolute atomic E-state index is 0.175. The van der Waals surface area contributed by atoms with Gasteiger partial charge in [-0.15, -0.1) is 0 Å². The summed E-state index contributed by atoms with van der Waals surface area (Å²) in [7, 11) is 0. The topological polar surface area (TPSA) is 32.3 Å². The molecule has 2 nitrogen and oxygen atoms in total. The fraction of sp³-hybridized carbons (Fsp3) is 0.250. The summed E-state index contributed by atoms with van der Waals surface area (Å²) in [6.07, 6.45) is 0.962. The van der Waals surface area contributed by atoms with Crippen LogP contribution in [0.4, 0.5) is 0 Å². The predicted octanol–water partition coefficient (Wildman–Crippen LogP) is 3.41. The van der Waals surface area contributed by atoms with E-state index in [4.69, 9.17) is 0 Å². The van der Waals surface area contributed by atoms with Gasteiger partial charge < -0.3 is 10.4 Å². The van der Waals surface area contributed by atoms with Gasteiger partial charge in [0.1, 0.15) is 5.75 Å². The summed E-state index contributed by atoms with van der Waals surface area (Å²) in [5.74, 6) is 0.352. The van der Waals surface area contributed by atoms with Crippen molar-refractivity contribution in [2.24, 2.45) is 0 Å². The van der Waals surface area contributed by atoms with Gasteiger partial charge in [0.05, 0.1) is 5.54 Å². The van der Waals surface area contributed by atoms with Gasteiger partial charge >= 0.3 is 0 Å². The lowest BCUT2D eigenvalue weighted by atomic mass is 9.79. The smallest absolute Gasteiger partial charge is 0.115 e. The number of halogens is 1. The first-order chi connectivity index (χ1) is 9.09. The van der Waals surface area contributed by atoms with Gasteiger partial charge in [0.15, 0.2) is 0 Å². The summed E-state index contributed by atoms with van der Waals surface area (Å²) >= 11 is 2.32. The molecule has 0 aliphatic carbocycles. The zero-order chi connectivity index (χ0) is 13.5. The first kappa shape index (κ1) is 12.9. The van der Waals surface area contributed by atoms with Gasteiger partial charge in [0.25, 0.3) is 0 Å². The Balaban J connectivity index is 2.13. The minimum Gasteiger partial charge on any atom is -0.508 e. The van der Waals surface area contributed by atoms with Gasteiger partial charge in [-0.05, 0) is 76.9 Å². The fourth-order valence-electron chi connectivity index (χ4n) is 2.86. The highest BCUT2D eigenvalue weighted by Crippen LogP contribution is 2.36. The molecule has 1 heterocycles. The van der Waals surface area contributed by atoms with Crippen LogP contribution in [-0.2, 0) is 12.0 Å². The highest BCUT2D eigenvalue weighted by Gasteiger charge is 2.33. The summed E-state index contributed by atoms with van der Waals surface area (Å²) in [6, 6.07) is 14.3. The summed E-state index contributed by atoms with van der Waals surface area (Å²) in [4.78, 5) is 0. The number of hydrogen-bond acceptors (Lipinski definition) is 2. The minimum atomic E-state index is -0.175. The van der Waals surface area contributed by atoms with Crippen LogP contribution < -0.4 is 5.32 Å². The van der Waals surface area contributed by atoms with Crippen LogP contribution in [0.3, 0.4) is 0 Å². The standard InChI is InChI=1S/C16H16INO/c1-16(12-2-4-13(17)5-3-12)15-7-6-14(19)10-11(15)8-9-18-16/h2-7,10,18-19H,8-9H2,1H3. The Hall–Kier alpha value is -1.07. The van der Waals surface area contributed by atoms with Crippen LogP contribution in [0, 0.1) is 3.57 Å². The number of phenols is 1. The number of phenolic OH excluding ortho intramolecular Hbond substituents is 1. The number of nitrogens with one attached hydrogen (secondary N) is 1. The maximum Gasteiger partial charge on any atom is 0.115 e. The maximum atomic E-state index is 9.64. The van der Waals surface area contributed by atoms with Crippen LogP contribution in [0.2, 0.25) is 0 Å². The van der Waals surface area contributed by atoms with Gasteiger partial charge in [-0.3, -0.25) is 0 Å². The van der Waals surface area contributed by atoms with Crippen LogP contribution in [0.25, 0.3) is 0 Å². The largest absolute Gasteiger partial charge is 0.508 e. The third kappa shape index (κ3) is 2.25. The Kier molecular flexibility index (Phi) is 3.27. The molecule has 0 fully saturated rings. The average Bonchev–Trinajstić information content (AvgIpc) is 2.39. The molecular weight excluding hydrogens is 349 g/mol. The van der Waals surface area contributed by atoms with E-state index < -0.39 is 0 Å².